The molecule has 1 amide bonds. The van der Waals surface area contributed by atoms with Gasteiger partial charge in [-0.3, -0.25) is 14.5 Å². The summed E-state index contributed by atoms with van der Waals surface area (Å²) in [5.41, 5.74) is 2.54. The van der Waals surface area contributed by atoms with E-state index in [2.05, 4.69) is 6.07 Å². The molecule has 3 aromatic carbocycles. The van der Waals surface area contributed by atoms with Gasteiger partial charge >= 0.3 is 0 Å². The smallest absolute Gasteiger partial charge is 0.300 e. The zero-order valence-corrected chi connectivity index (χ0v) is 20.5. The summed E-state index contributed by atoms with van der Waals surface area (Å²) in [7, 11) is 1.55. The number of ether oxygens (including phenoxy) is 2. The normalized spacial score (nSPS) is 16.8. The minimum absolute atomic E-state index is 0.0284. The van der Waals surface area contributed by atoms with Crippen LogP contribution in [0.4, 0.5) is 5.69 Å². The fourth-order valence-corrected chi connectivity index (χ4v) is 4.31. The largest absolute Gasteiger partial charge is 0.507 e. The number of nitrogens with zero attached hydrogens (tertiary/aromatic N) is 2. The van der Waals surface area contributed by atoms with E-state index in [0.717, 1.165) is 0 Å². The molecule has 36 heavy (non-hydrogen) atoms. The number of benzene rings is 3. The van der Waals surface area contributed by atoms with Crippen molar-refractivity contribution in [1.82, 2.24) is 0 Å². The van der Waals surface area contributed by atoms with Crippen LogP contribution in [0.2, 0.25) is 0 Å². The zero-order valence-electron chi connectivity index (χ0n) is 20.5. The molecule has 1 N–H and O–H groups in total. The summed E-state index contributed by atoms with van der Waals surface area (Å²) in [6.07, 6.45) is -0.0768. The molecule has 1 unspecified atom stereocenters. The highest BCUT2D eigenvalue weighted by atomic mass is 16.5. The Bertz CT molecular complexity index is 1400. The quantitative estimate of drug-likeness (QED) is 0.291. The predicted molar refractivity (Wildman–Crippen MR) is 136 cm³/mol. The van der Waals surface area contributed by atoms with Gasteiger partial charge in [0.15, 0.2) is 0 Å². The van der Waals surface area contributed by atoms with Gasteiger partial charge in [-0.05, 0) is 86.5 Å². The number of carbonyl (C=O) groups is 2. The van der Waals surface area contributed by atoms with Crippen molar-refractivity contribution in [3.8, 4) is 17.6 Å². The second-order valence-electron chi connectivity index (χ2n) is 8.75. The van der Waals surface area contributed by atoms with Crippen molar-refractivity contribution in [2.45, 2.75) is 32.9 Å². The number of aliphatic hydroxyl groups is 1. The van der Waals surface area contributed by atoms with Gasteiger partial charge in [0.05, 0.1) is 36.5 Å². The lowest BCUT2D eigenvalue weighted by molar-refractivity contribution is -0.132. The molecule has 7 heteroatoms. The Morgan fingerprint density at radius 2 is 1.75 bits per heavy atom. The lowest BCUT2D eigenvalue weighted by Crippen LogP contribution is -2.29. The van der Waals surface area contributed by atoms with Crippen molar-refractivity contribution >= 4 is 23.1 Å². The Labute approximate surface area is 209 Å². The van der Waals surface area contributed by atoms with Crippen LogP contribution in [0.15, 0.2) is 72.3 Å². The third-order valence-corrected chi connectivity index (χ3v) is 5.95. The molecule has 1 fully saturated rings. The third-order valence-electron chi connectivity index (χ3n) is 5.95. The molecule has 0 bridgehead atoms. The Balaban J connectivity index is 1.94. The highest BCUT2D eigenvalue weighted by molar-refractivity contribution is 6.51. The molecule has 1 atom stereocenters. The van der Waals surface area contributed by atoms with Gasteiger partial charge < -0.3 is 14.6 Å². The molecule has 1 saturated heterocycles. The first kappa shape index (κ1) is 24.6. The van der Waals surface area contributed by atoms with Crippen LogP contribution in [-0.2, 0) is 9.59 Å². The fourth-order valence-electron chi connectivity index (χ4n) is 4.31. The van der Waals surface area contributed by atoms with Crippen LogP contribution < -0.4 is 14.4 Å². The van der Waals surface area contributed by atoms with Crippen molar-refractivity contribution in [2.75, 3.05) is 12.0 Å². The molecule has 1 heterocycles. The monoisotopic (exact) mass is 482 g/mol. The van der Waals surface area contributed by atoms with Crippen molar-refractivity contribution < 1.29 is 24.2 Å². The minimum Gasteiger partial charge on any atom is -0.507 e. The molecule has 0 aromatic heterocycles. The van der Waals surface area contributed by atoms with E-state index in [-0.39, 0.29) is 17.4 Å². The third kappa shape index (κ3) is 4.53. The van der Waals surface area contributed by atoms with Crippen molar-refractivity contribution in [1.29, 1.82) is 5.26 Å². The standard InChI is InChI=1S/C29H26N2O5/c1-17(2)36-23-7-5-6-20(15-23)26-25(27(32)24-13-12-22(35-4)14-18(24)3)28(33)29(34)31(26)21-10-8-19(16-30)9-11-21/h5-15,17,26,32H,1-4H3/b27-25+. The van der Waals surface area contributed by atoms with E-state index >= 15 is 0 Å². The number of Topliss-reactive ketones (excluding diaryl/α,β-unsaturated/α-hetero) is 1. The minimum atomic E-state index is -0.907. The summed E-state index contributed by atoms with van der Waals surface area (Å²) in [5, 5.41) is 20.6. The summed E-state index contributed by atoms with van der Waals surface area (Å²) in [4.78, 5) is 28.1. The number of ketones is 1. The lowest BCUT2D eigenvalue weighted by Gasteiger charge is -2.26. The molecule has 4 rings (SSSR count). The van der Waals surface area contributed by atoms with Crippen molar-refractivity contribution in [3.63, 3.8) is 0 Å². The number of anilines is 1. The number of aliphatic hydroxyl groups excluding tert-OH is 1. The first-order chi connectivity index (χ1) is 17.2. The van der Waals surface area contributed by atoms with Crippen molar-refractivity contribution in [3.05, 3.63) is 94.6 Å². The Hall–Kier alpha value is -4.57. The maximum absolute atomic E-state index is 13.4. The molecule has 0 aliphatic carbocycles. The molecule has 182 valence electrons. The summed E-state index contributed by atoms with van der Waals surface area (Å²) in [5.74, 6) is -0.657. The van der Waals surface area contributed by atoms with E-state index in [1.165, 1.54) is 4.90 Å². The van der Waals surface area contributed by atoms with Gasteiger partial charge in [-0.1, -0.05) is 12.1 Å². The summed E-state index contributed by atoms with van der Waals surface area (Å²) in [6, 6.07) is 19.8. The van der Waals surface area contributed by atoms with E-state index in [9.17, 15) is 20.0 Å². The lowest BCUT2D eigenvalue weighted by atomic mass is 9.93. The molecular formula is C29H26N2O5. The number of carbonyl (C=O) groups excluding carboxylic acids is 2. The Kier molecular flexibility index (Phi) is 6.80. The molecule has 0 radical (unpaired) electrons. The molecule has 3 aromatic rings. The maximum Gasteiger partial charge on any atom is 0.300 e. The zero-order chi connectivity index (χ0) is 26.0. The van der Waals surface area contributed by atoms with Crippen LogP contribution >= 0.6 is 0 Å². The van der Waals surface area contributed by atoms with E-state index in [4.69, 9.17) is 9.47 Å². The summed E-state index contributed by atoms with van der Waals surface area (Å²) in [6.45, 7) is 5.60. The second kappa shape index (κ2) is 9.96. The van der Waals surface area contributed by atoms with Gasteiger partial charge in [0.1, 0.15) is 17.3 Å². The molecule has 0 saturated carbocycles. The van der Waals surface area contributed by atoms with E-state index in [1.807, 2.05) is 13.8 Å². The number of hydrogen-bond donors (Lipinski definition) is 1. The number of methoxy groups -OCH3 is 1. The number of aryl methyl sites for hydroxylation is 1. The molecule has 7 nitrogen and oxygen atoms in total. The average Bonchev–Trinajstić information content (AvgIpc) is 3.13. The average molecular weight is 483 g/mol. The predicted octanol–water partition coefficient (Wildman–Crippen LogP) is 5.29. The molecule has 1 aliphatic rings. The Morgan fingerprint density at radius 1 is 1.03 bits per heavy atom. The van der Waals surface area contributed by atoms with Gasteiger partial charge in [0.2, 0.25) is 0 Å². The molecule has 1 aliphatic heterocycles. The van der Waals surface area contributed by atoms with Gasteiger partial charge in [-0.25, -0.2) is 0 Å². The van der Waals surface area contributed by atoms with E-state index < -0.39 is 17.7 Å². The SMILES string of the molecule is COc1ccc(/C(O)=C2\C(=O)C(=O)N(c3ccc(C#N)cc3)C2c2cccc(OC(C)C)c2)c(C)c1. The van der Waals surface area contributed by atoms with Crippen LogP contribution in [0.25, 0.3) is 5.76 Å². The van der Waals surface area contributed by atoms with Gasteiger partial charge in [0.25, 0.3) is 11.7 Å². The number of nitriles is 1. The van der Waals surface area contributed by atoms with Crippen LogP contribution in [0.5, 0.6) is 11.5 Å². The van der Waals surface area contributed by atoms with Gasteiger partial charge in [-0.2, -0.15) is 5.26 Å². The highest BCUT2D eigenvalue weighted by Gasteiger charge is 2.47. The number of hydrogen-bond acceptors (Lipinski definition) is 6. The van der Waals surface area contributed by atoms with Crippen LogP contribution in [0.1, 0.15) is 42.1 Å². The number of amides is 1. The topological polar surface area (TPSA) is 99.9 Å². The first-order valence-electron chi connectivity index (χ1n) is 11.5. The summed E-state index contributed by atoms with van der Waals surface area (Å²) >= 11 is 0. The summed E-state index contributed by atoms with van der Waals surface area (Å²) < 4.78 is 11.1. The fraction of sp³-hybridized carbons (Fsp3) is 0.207. The second-order valence-corrected chi connectivity index (χ2v) is 8.75. The Morgan fingerprint density at radius 3 is 2.36 bits per heavy atom. The highest BCUT2D eigenvalue weighted by Crippen LogP contribution is 2.43. The molecule has 0 spiro atoms. The van der Waals surface area contributed by atoms with Gasteiger partial charge in [0, 0.05) is 11.3 Å². The molecular weight excluding hydrogens is 456 g/mol. The van der Waals surface area contributed by atoms with Gasteiger partial charge in [-0.15, -0.1) is 0 Å². The van der Waals surface area contributed by atoms with E-state index in [0.29, 0.717) is 39.4 Å². The van der Waals surface area contributed by atoms with Crippen LogP contribution in [0, 0.1) is 18.3 Å². The van der Waals surface area contributed by atoms with Crippen LogP contribution in [0.3, 0.4) is 0 Å². The number of rotatable bonds is 6. The first-order valence-corrected chi connectivity index (χ1v) is 11.5. The van der Waals surface area contributed by atoms with Crippen LogP contribution in [-0.4, -0.2) is 30.0 Å². The van der Waals surface area contributed by atoms with E-state index in [1.54, 1.807) is 80.8 Å². The van der Waals surface area contributed by atoms with Crippen molar-refractivity contribution in [2.24, 2.45) is 0 Å². The maximum atomic E-state index is 13.4.